The van der Waals surface area contributed by atoms with Crippen molar-refractivity contribution in [3.05, 3.63) is 66.0 Å². The van der Waals surface area contributed by atoms with Crippen molar-refractivity contribution in [3.8, 4) is 16.9 Å². The van der Waals surface area contributed by atoms with E-state index in [2.05, 4.69) is 6.92 Å². The van der Waals surface area contributed by atoms with Crippen LogP contribution in [-0.2, 0) is 10.2 Å². The van der Waals surface area contributed by atoms with Crippen LogP contribution in [0.5, 0.6) is 5.75 Å². The van der Waals surface area contributed by atoms with Gasteiger partial charge in [-0.05, 0) is 71.0 Å². The third-order valence-electron chi connectivity index (χ3n) is 8.01. The third kappa shape index (κ3) is 7.98. The van der Waals surface area contributed by atoms with Gasteiger partial charge >= 0.3 is 18.1 Å². The topological polar surface area (TPSA) is 57.5 Å². The number of halogens is 6. The summed E-state index contributed by atoms with van der Waals surface area (Å²) in [6.07, 6.45) is -1.11. The molecule has 0 aromatic heterocycles. The lowest BCUT2D eigenvalue weighted by Gasteiger charge is -2.34. The molecule has 3 aromatic carbocycles. The number of carboxylic acids is 1. The molecule has 0 radical (unpaired) electrons. The maximum Gasteiger partial charge on any atom is 0.453 e. The molecule has 0 amide bonds. The summed E-state index contributed by atoms with van der Waals surface area (Å²) in [5, 5.41) is 21.8. The predicted molar refractivity (Wildman–Crippen MR) is 152 cm³/mol. The van der Waals surface area contributed by atoms with E-state index < -0.39 is 48.6 Å². The molecule has 1 unspecified atom stereocenters. The quantitative estimate of drug-likeness (QED) is 0.128. The molecule has 2 N–H and O–H groups in total. The van der Waals surface area contributed by atoms with Gasteiger partial charge in [0.15, 0.2) is 0 Å². The summed E-state index contributed by atoms with van der Waals surface area (Å²) in [7, 11) is 0. The van der Waals surface area contributed by atoms with Gasteiger partial charge in [0, 0.05) is 6.42 Å². The number of phenols is 1. The molecule has 0 bridgehead atoms. The van der Waals surface area contributed by atoms with Gasteiger partial charge in [-0.1, -0.05) is 88.6 Å². The Morgan fingerprint density at radius 1 is 0.738 bits per heavy atom. The summed E-state index contributed by atoms with van der Waals surface area (Å²) in [5.74, 6) is -6.87. The van der Waals surface area contributed by atoms with Crippen molar-refractivity contribution < 1.29 is 41.4 Å². The molecule has 3 aromatic rings. The molecule has 0 fully saturated rings. The molecule has 3 rings (SSSR count). The Morgan fingerprint density at radius 3 is 1.93 bits per heavy atom. The summed E-state index contributed by atoms with van der Waals surface area (Å²) in [6, 6.07) is 13.0. The number of aliphatic carboxylic acids is 1. The molecule has 42 heavy (non-hydrogen) atoms. The van der Waals surface area contributed by atoms with E-state index in [1.165, 1.54) is 42.5 Å². The molecule has 0 saturated carbocycles. The van der Waals surface area contributed by atoms with Gasteiger partial charge in [-0.25, -0.2) is 4.39 Å². The van der Waals surface area contributed by atoms with E-state index in [0.717, 1.165) is 38.5 Å². The Morgan fingerprint density at radius 2 is 1.33 bits per heavy atom. The van der Waals surface area contributed by atoms with Crippen LogP contribution in [0.4, 0.5) is 26.3 Å². The Hall–Kier alpha value is -3.23. The molecule has 1 atom stereocenters. The van der Waals surface area contributed by atoms with Gasteiger partial charge < -0.3 is 10.2 Å². The fourth-order valence-electron chi connectivity index (χ4n) is 5.71. The van der Waals surface area contributed by atoms with Crippen LogP contribution in [0.25, 0.3) is 21.9 Å². The van der Waals surface area contributed by atoms with Gasteiger partial charge in [-0.2, -0.15) is 22.0 Å². The highest BCUT2D eigenvalue weighted by molar-refractivity contribution is 5.99. The lowest BCUT2D eigenvalue weighted by atomic mass is 9.68. The molecular formula is C33H38F6O3. The first kappa shape index (κ1) is 33.3. The van der Waals surface area contributed by atoms with Crippen molar-refractivity contribution in [3.63, 3.8) is 0 Å². The molecule has 3 nitrogen and oxygen atoms in total. The summed E-state index contributed by atoms with van der Waals surface area (Å²) in [6.45, 7) is 2.12. The van der Waals surface area contributed by atoms with Crippen molar-refractivity contribution in [2.45, 2.75) is 101 Å². The van der Waals surface area contributed by atoms with Crippen LogP contribution in [0, 0.1) is 5.82 Å². The van der Waals surface area contributed by atoms with E-state index in [9.17, 15) is 41.4 Å². The predicted octanol–water partition coefficient (Wildman–Crippen LogP) is 10.6. The highest BCUT2D eigenvalue weighted by Crippen LogP contribution is 2.47. The first-order chi connectivity index (χ1) is 19.8. The SMILES string of the molecule is CCCCCCCCCCC(CCCC(F)(F)C(F)(F)F)(C(=O)O)c1c(-c2ccc(F)cc2)ccc2cc(O)ccc12. The zero-order chi connectivity index (χ0) is 31.0. The molecule has 0 aliphatic heterocycles. The summed E-state index contributed by atoms with van der Waals surface area (Å²) in [4.78, 5) is 13.2. The minimum Gasteiger partial charge on any atom is -0.508 e. The number of aromatic hydroxyl groups is 1. The highest BCUT2D eigenvalue weighted by Gasteiger charge is 2.57. The van der Waals surface area contributed by atoms with Gasteiger partial charge in [0.1, 0.15) is 11.6 Å². The lowest BCUT2D eigenvalue weighted by Crippen LogP contribution is -2.39. The van der Waals surface area contributed by atoms with E-state index >= 15 is 0 Å². The van der Waals surface area contributed by atoms with Crippen LogP contribution < -0.4 is 0 Å². The van der Waals surface area contributed by atoms with Crippen LogP contribution in [0.1, 0.15) is 89.5 Å². The third-order valence-corrected chi connectivity index (χ3v) is 8.01. The number of unbranched alkanes of at least 4 members (excludes halogenated alkanes) is 7. The van der Waals surface area contributed by atoms with Crippen molar-refractivity contribution in [2.75, 3.05) is 0 Å². The maximum absolute atomic E-state index is 13.9. The maximum atomic E-state index is 13.9. The van der Waals surface area contributed by atoms with Crippen LogP contribution in [-0.4, -0.2) is 28.3 Å². The van der Waals surface area contributed by atoms with E-state index in [1.54, 1.807) is 12.1 Å². The number of rotatable bonds is 16. The standard InChI is InChI=1S/C33H38F6O3/c1-2-3-4-5-6-7-8-9-19-31(30(41)42,20-10-21-32(35,36)33(37,38)39)29-27(23-11-14-25(34)15-12-23)17-13-24-22-26(40)16-18-28(24)29/h11-18,22,40H,2-10,19-21H2,1H3,(H,41,42). The monoisotopic (exact) mass is 596 g/mol. The molecule has 0 aliphatic carbocycles. The largest absolute Gasteiger partial charge is 0.508 e. The zero-order valence-corrected chi connectivity index (χ0v) is 23.8. The van der Waals surface area contributed by atoms with Gasteiger partial charge in [0.2, 0.25) is 0 Å². The van der Waals surface area contributed by atoms with E-state index in [4.69, 9.17) is 0 Å². The number of alkyl halides is 5. The smallest absolute Gasteiger partial charge is 0.453 e. The Bertz CT molecular complexity index is 1320. The fourth-order valence-corrected chi connectivity index (χ4v) is 5.71. The second kappa shape index (κ2) is 14.3. The van der Waals surface area contributed by atoms with Crippen LogP contribution in [0.2, 0.25) is 0 Å². The lowest BCUT2D eigenvalue weighted by molar-refractivity contribution is -0.284. The summed E-state index contributed by atoms with van der Waals surface area (Å²) < 4.78 is 80.6. The van der Waals surface area contributed by atoms with Crippen molar-refractivity contribution >= 4 is 16.7 Å². The van der Waals surface area contributed by atoms with Gasteiger partial charge in [0.05, 0.1) is 5.41 Å². The summed E-state index contributed by atoms with van der Waals surface area (Å²) >= 11 is 0. The van der Waals surface area contributed by atoms with Crippen LogP contribution >= 0.6 is 0 Å². The molecule has 0 aliphatic rings. The van der Waals surface area contributed by atoms with Crippen molar-refractivity contribution in [1.29, 1.82) is 0 Å². The number of benzene rings is 3. The minimum atomic E-state index is -5.74. The average molecular weight is 597 g/mol. The summed E-state index contributed by atoms with van der Waals surface area (Å²) in [5.41, 5.74) is -0.664. The van der Waals surface area contributed by atoms with Crippen molar-refractivity contribution in [2.24, 2.45) is 0 Å². The molecular weight excluding hydrogens is 558 g/mol. The number of hydrogen-bond acceptors (Lipinski definition) is 2. The Kier molecular flexibility index (Phi) is 11.3. The highest BCUT2D eigenvalue weighted by atomic mass is 19.4. The molecule has 0 saturated heterocycles. The minimum absolute atomic E-state index is 0.0169. The number of phenolic OH excluding ortho intramolecular Hbond substituents is 1. The van der Waals surface area contributed by atoms with E-state index in [0.29, 0.717) is 34.7 Å². The molecule has 230 valence electrons. The van der Waals surface area contributed by atoms with Gasteiger partial charge in [0.25, 0.3) is 0 Å². The molecule has 0 spiro atoms. The Labute approximate surface area is 242 Å². The number of hydrogen-bond donors (Lipinski definition) is 2. The van der Waals surface area contributed by atoms with E-state index in [-0.39, 0.29) is 17.7 Å². The second-order valence-electron chi connectivity index (χ2n) is 11.1. The number of carbonyl (C=O) groups is 1. The number of carboxylic acid groups (broad SMARTS) is 1. The second-order valence-corrected chi connectivity index (χ2v) is 11.1. The van der Waals surface area contributed by atoms with Crippen LogP contribution in [0.3, 0.4) is 0 Å². The fraction of sp³-hybridized carbons (Fsp3) is 0.485. The van der Waals surface area contributed by atoms with Crippen LogP contribution in [0.15, 0.2) is 54.6 Å². The van der Waals surface area contributed by atoms with Gasteiger partial charge in [-0.3, -0.25) is 4.79 Å². The first-order valence-electron chi connectivity index (χ1n) is 14.5. The Balaban J connectivity index is 2.10. The van der Waals surface area contributed by atoms with E-state index in [1.807, 2.05) is 0 Å². The molecule has 9 heteroatoms. The van der Waals surface area contributed by atoms with Crippen molar-refractivity contribution in [1.82, 2.24) is 0 Å². The normalized spacial score (nSPS) is 13.8. The molecule has 0 heterocycles. The zero-order valence-electron chi connectivity index (χ0n) is 23.8. The number of fused-ring (bicyclic) bond motifs is 1. The first-order valence-corrected chi connectivity index (χ1v) is 14.5. The van der Waals surface area contributed by atoms with Gasteiger partial charge in [-0.15, -0.1) is 0 Å². The average Bonchev–Trinajstić information content (AvgIpc) is 2.92.